The normalized spacial score (nSPS) is 15.4. The average Bonchev–Trinajstić information content (AvgIpc) is 2.68. The van der Waals surface area contributed by atoms with E-state index in [0.29, 0.717) is 12.6 Å². The van der Waals surface area contributed by atoms with Crippen LogP contribution in [-0.2, 0) is 6.61 Å². The van der Waals surface area contributed by atoms with Crippen molar-refractivity contribution in [3.63, 3.8) is 0 Å². The highest BCUT2D eigenvalue weighted by Crippen LogP contribution is 2.22. The molecule has 0 radical (unpaired) electrons. The molecule has 128 valence electrons. The van der Waals surface area contributed by atoms with Gasteiger partial charge in [0.05, 0.1) is 0 Å². The van der Waals surface area contributed by atoms with Crippen LogP contribution in [0.5, 0.6) is 5.75 Å². The first-order valence-corrected chi connectivity index (χ1v) is 8.83. The molecule has 0 unspecified atom stereocenters. The van der Waals surface area contributed by atoms with Gasteiger partial charge in [0.25, 0.3) is 5.56 Å². The third-order valence-corrected chi connectivity index (χ3v) is 4.85. The fourth-order valence-corrected chi connectivity index (χ4v) is 3.44. The summed E-state index contributed by atoms with van der Waals surface area (Å²) in [6.07, 6.45) is 3.94. The molecule has 4 rings (SSSR count). The first kappa shape index (κ1) is 15.9. The summed E-state index contributed by atoms with van der Waals surface area (Å²) in [5, 5.41) is 5.03. The molecule has 4 nitrogen and oxygen atoms in total. The Balaban J connectivity index is 1.58. The van der Waals surface area contributed by atoms with Gasteiger partial charge in [0.1, 0.15) is 12.4 Å². The van der Waals surface area contributed by atoms with Gasteiger partial charge in [0.2, 0.25) is 0 Å². The van der Waals surface area contributed by atoms with Crippen LogP contribution in [-0.4, -0.2) is 17.7 Å². The number of nitrogens with zero attached hydrogens (tertiary/aromatic N) is 1. The lowest BCUT2D eigenvalue weighted by atomic mass is 10.1. The second kappa shape index (κ2) is 7.11. The summed E-state index contributed by atoms with van der Waals surface area (Å²) < 4.78 is 7.77. The highest BCUT2D eigenvalue weighted by atomic mass is 16.5. The van der Waals surface area contributed by atoms with Crippen molar-refractivity contribution in [2.75, 3.05) is 13.1 Å². The van der Waals surface area contributed by atoms with Gasteiger partial charge in [-0.05, 0) is 61.1 Å². The number of ether oxygens (including phenoxy) is 1. The maximum Gasteiger partial charge on any atom is 0.258 e. The lowest BCUT2D eigenvalue weighted by Gasteiger charge is -2.25. The molecule has 0 amide bonds. The number of hydrogen-bond acceptors (Lipinski definition) is 3. The Morgan fingerprint density at radius 2 is 1.84 bits per heavy atom. The Kier molecular flexibility index (Phi) is 4.53. The molecule has 1 aromatic heterocycles. The molecule has 3 aromatic rings. The number of hydrogen-bond donors (Lipinski definition) is 1. The van der Waals surface area contributed by atoms with Crippen molar-refractivity contribution in [3.05, 3.63) is 76.7 Å². The van der Waals surface area contributed by atoms with E-state index in [-0.39, 0.29) is 5.56 Å². The van der Waals surface area contributed by atoms with Gasteiger partial charge in [-0.3, -0.25) is 4.79 Å². The number of aromatic nitrogens is 1. The maximum atomic E-state index is 12.8. The van der Waals surface area contributed by atoms with Gasteiger partial charge < -0.3 is 14.6 Å². The van der Waals surface area contributed by atoms with Crippen LogP contribution in [0.2, 0.25) is 0 Å². The van der Waals surface area contributed by atoms with E-state index in [1.807, 2.05) is 65.4 Å². The number of nitrogens with one attached hydrogen (secondary N) is 1. The Bertz CT molecular complexity index is 912. The van der Waals surface area contributed by atoms with Crippen molar-refractivity contribution >= 4 is 10.8 Å². The van der Waals surface area contributed by atoms with Crippen LogP contribution in [0, 0.1) is 0 Å². The maximum absolute atomic E-state index is 12.8. The number of fused-ring (bicyclic) bond motifs is 1. The monoisotopic (exact) mass is 334 g/mol. The van der Waals surface area contributed by atoms with Crippen molar-refractivity contribution in [2.45, 2.75) is 25.5 Å². The largest absolute Gasteiger partial charge is 0.489 e. The van der Waals surface area contributed by atoms with Crippen LogP contribution >= 0.6 is 0 Å². The molecule has 0 atom stereocenters. The van der Waals surface area contributed by atoms with Crippen molar-refractivity contribution in [3.8, 4) is 5.75 Å². The van der Waals surface area contributed by atoms with Gasteiger partial charge in [0.15, 0.2) is 0 Å². The number of piperidine rings is 1. The third kappa shape index (κ3) is 3.44. The van der Waals surface area contributed by atoms with E-state index in [2.05, 4.69) is 5.32 Å². The van der Waals surface area contributed by atoms with Crippen LogP contribution in [0.1, 0.15) is 24.4 Å². The minimum atomic E-state index is 0.0963. The van der Waals surface area contributed by atoms with E-state index in [1.165, 1.54) is 0 Å². The second-order valence-corrected chi connectivity index (χ2v) is 6.53. The molecule has 0 bridgehead atoms. The van der Waals surface area contributed by atoms with E-state index in [4.69, 9.17) is 4.74 Å². The Labute approximate surface area is 147 Å². The standard InChI is InChI=1S/C21H22N2O2/c24-21-20-7-6-19(25-15-16-4-2-1-3-5-16)14-17(20)10-13-23(21)18-8-11-22-12-9-18/h1-7,10,13-14,18,22H,8-9,11-12,15H2. The molecule has 2 aromatic carbocycles. The van der Waals surface area contributed by atoms with Crippen molar-refractivity contribution < 1.29 is 4.74 Å². The molecule has 1 aliphatic heterocycles. The molecule has 1 fully saturated rings. The summed E-state index contributed by atoms with van der Waals surface area (Å²) in [7, 11) is 0. The molecule has 1 N–H and O–H groups in total. The number of rotatable bonds is 4. The Hall–Kier alpha value is -2.59. The van der Waals surface area contributed by atoms with E-state index >= 15 is 0 Å². The minimum Gasteiger partial charge on any atom is -0.489 e. The fourth-order valence-electron chi connectivity index (χ4n) is 3.44. The zero-order chi connectivity index (χ0) is 17.1. The van der Waals surface area contributed by atoms with E-state index in [9.17, 15) is 4.79 Å². The molecule has 1 saturated heterocycles. The van der Waals surface area contributed by atoms with Gasteiger partial charge in [0, 0.05) is 17.6 Å². The van der Waals surface area contributed by atoms with Gasteiger partial charge in [-0.25, -0.2) is 0 Å². The molecule has 1 aliphatic rings. The van der Waals surface area contributed by atoms with Crippen LogP contribution < -0.4 is 15.6 Å². The van der Waals surface area contributed by atoms with Crippen molar-refractivity contribution in [1.29, 1.82) is 0 Å². The van der Waals surface area contributed by atoms with E-state index < -0.39 is 0 Å². The summed E-state index contributed by atoms with van der Waals surface area (Å²) in [5.41, 5.74) is 1.22. The lowest BCUT2D eigenvalue weighted by Crippen LogP contribution is -2.34. The average molecular weight is 334 g/mol. The van der Waals surface area contributed by atoms with Crippen molar-refractivity contribution in [1.82, 2.24) is 9.88 Å². The quantitative estimate of drug-likeness (QED) is 0.794. The topological polar surface area (TPSA) is 43.3 Å². The first-order valence-electron chi connectivity index (χ1n) is 8.83. The van der Waals surface area contributed by atoms with Crippen LogP contribution in [0.15, 0.2) is 65.6 Å². The van der Waals surface area contributed by atoms with Crippen LogP contribution in [0.3, 0.4) is 0 Å². The molecule has 25 heavy (non-hydrogen) atoms. The summed E-state index contributed by atoms with van der Waals surface area (Å²) in [6, 6.07) is 18.1. The Morgan fingerprint density at radius 3 is 2.64 bits per heavy atom. The molecular weight excluding hydrogens is 312 g/mol. The third-order valence-electron chi connectivity index (χ3n) is 4.85. The van der Waals surface area contributed by atoms with E-state index in [0.717, 1.165) is 48.0 Å². The summed E-state index contributed by atoms with van der Waals surface area (Å²) in [6.45, 7) is 2.47. The van der Waals surface area contributed by atoms with Gasteiger partial charge in [-0.2, -0.15) is 0 Å². The zero-order valence-electron chi connectivity index (χ0n) is 14.2. The lowest BCUT2D eigenvalue weighted by molar-refractivity contribution is 0.306. The predicted octanol–water partition coefficient (Wildman–Crippen LogP) is 3.51. The number of pyridine rings is 1. The molecule has 2 heterocycles. The van der Waals surface area contributed by atoms with Crippen LogP contribution in [0.25, 0.3) is 10.8 Å². The van der Waals surface area contributed by atoms with Gasteiger partial charge in [-0.15, -0.1) is 0 Å². The molecule has 0 spiro atoms. The zero-order valence-corrected chi connectivity index (χ0v) is 14.2. The molecule has 0 aliphatic carbocycles. The van der Waals surface area contributed by atoms with Crippen LogP contribution in [0.4, 0.5) is 0 Å². The van der Waals surface area contributed by atoms with E-state index in [1.54, 1.807) is 0 Å². The number of benzene rings is 2. The smallest absolute Gasteiger partial charge is 0.258 e. The van der Waals surface area contributed by atoms with Crippen molar-refractivity contribution in [2.24, 2.45) is 0 Å². The molecule has 0 saturated carbocycles. The predicted molar refractivity (Wildman–Crippen MR) is 100 cm³/mol. The first-order chi connectivity index (χ1) is 12.3. The second-order valence-electron chi connectivity index (χ2n) is 6.53. The Morgan fingerprint density at radius 1 is 1.04 bits per heavy atom. The summed E-state index contributed by atoms with van der Waals surface area (Å²) in [5.74, 6) is 0.787. The molecular formula is C21H22N2O2. The van der Waals surface area contributed by atoms with Gasteiger partial charge >= 0.3 is 0 Å². The SMILES string of the molecule is O=c1c2ccc(OCc3ccccc3)cc2ccn1C1CCNCC1. The van der Waals surface area contributed by atoms with Gasteiger partial charge in [-0.1, -0.05) is 30.3 Å². The highest BCUT2D eigenvalue weighted by molar-refractivity contribution is 5.82. The highest BCUT2D eigenvalue weighted by Gasteiger charge is 2.16. The summed E-state index contributed by atoms with van der Waals surface area (Å²) in [4.78, 5) is 12.8. The fraction of sp³-hybridized carbons (Fsp3) is 0.286. The molecule has 4 heteroatoms. The minimum absolute atomic E-state index is 0.0963. The summed E-state index contributed by atoms with van der Waals surface area (Å²) >= 11 is 0.